The normalized spacial score (nSPS) is 16.9. The Morgan fingerprint density at radius 3 is 2.61 bits per heavy atom. The van der Waals surface area contributed by atoms with E-state index in [9.17, 15) is 4.79 Å². The van der Waals surface area contributed by atoms with Crippen molar-refractivity contribution in [3.8, 4) is 0 Å². The first-order chi connectivity index (χ1) is 8.65. The highest BCUT2D eigenvalue weighted by Gasteiger charge is 2.28. The van der Waals surface area contributed by atoms with Gasteiger partial charge in [-0.25, -0.2) is 4.79 Å². The van der Waals surface area contributed by atoms with E-state index in [1.807, 2.05) is 25.1 Å². The van der Waals surface area contributed by atoms with E-state index in [2.05, 4.69) is 24.0 Å². The van der Waals surface area contributed by atoms with Crippen LogP contribution in [0, 0.1) is 0 Å². The van der Waals surface area contributed by atoms with E-state index < -0.39 is 0 Å². The monoisotopic (exact) mass is 245 g/mol. The van der Waals surface area contributed by atoms with E-state index in [1.165, 1.54) is 12.7 Å². The van der Waals surface area contributed by atoms with Gasteiger partial charge in [0.2, 0.25) is 0 Å². The largest absolute Gasteiger partial charge is 0.466 e. The molecule has 0 radical (unpaired) electrons. The maximum atomic E-state index is 11.6. The van der Waals surface area contributed by atoms with Crippen molar-refractivity contribution in [2.24, 2.45) is 0 Å². The lowest BCUT2D eigenvalue weighted by molar-refractivity contribution is -0.136. The van der Waals surface area contributed by atoms with Gasteiger partial charge < -0.3 is 9.64 Å². The molecule has 0 fully saturated rings. The molecule has 0 bridgehead atoms. The van der Waals surface area contributed by atoms with Crippen molar-refractivity contribution in [2.75, 3.05) is 13.7 Å². The third-order valence-electron chi connectivity index (χ3n) is 3.65. The molecule has 3 heteroatoms. The number of allylic oxidation sites excluding steroid dienone is 1. The molecule has 0 spiro atoms. The minimum atomic E-state index is -0.199. The van der Waals surface area contributed by atoms with Crippen LogP contribution in [-0.2, 0) is 9.53 Å². The highest BCUT2D eigenvalue weighted by Crippen LogP contribution is 2.32. The lowest BCUT2D eigenvalue weighted by atomic mass is 10.1. The SMILES string of the molecule is COC(=O)C1=C(C)N([C@@H](C)c2ccccc2)CC1. The third kappa shape index (κ3) is 2.26. The lowest BCUT2D eigenvalue weighted by Gasteiger charge is -2.28. The van der Waals surface area contributed by atoms with Crippen LogP contribution in [0.2, 0.25) is 0 Å². The van der Waals surface area contributed by atoms with Crippen molar-refractivity contribution >= 4 is 5.97 Å². The molecule has 0 N–H and O–H groups in total. The molecule has 1 aromatic rings. The van der Waals surface area contributed by atoms with Gasteiger partial charge in [0, 0.05) is 12.2 Å². The number of rotatable bonds is 3. The summed E-state index contributed by atoms with van der Waals surface area (Å²) in [6.07, 6.45) is 0.773. The topological polar surface area (TPSA) is 29.5 Å². The van der Waals surface area contributed by atoms with Crippen molar-refractivity contribution in [1.29, 1.82) is 0 Å². The van der Waals surface area contributed by atoms with Crippen molar-refractivity contribution < 1.29 is 9.53 Å². The molecule has 1 aromatic carbocycles. The predicted molar refractivity (Wildman–Crippen MR) is 70.9 cm³/mol. The minimum absolute atomic E-state index is 0.199. The highest BCUT2D eigenvalue weighted by molar-refractivity contribution is 5.89. The van der Waals surface area contributed by atoms with Crippen LogP contribution in [0.4, 0.5) is 0 Å². The number of carbonyl (C=O) groups is 1. The molecule has 0 aromatic heterocycles. The summed E-state index contributed by atoms with van der Waals surface area (Å²) in [5.74, 6) is -0.199. The number of ether oxygens (including phenoxy) is 1. The Kier molecular flexibility index (Phi) is 3.70. The first kappa shape index (κ1) is 12.7. The Balaban J connectivity index is 2.21. The molecule has 1 atom stereocenters. The van der Waals surface area contributed by atoms with Crippen LogP contribution in [0.15, 0.2) is 41.6 Å². The predicted octanol–water partition coefficient (Wildman–Crippen LogP) is 2.90. The molecule has 18 heavy (non-hydrogen) atoms. The zero-order valence-corrected chi connectivity index (χ0v) is 11.1. The summed E-state index contributed by atoms with van der Waals surface area (Å²) >= 11 is 0. The van der Waals surface area contributed by atoms with Crippen LogP contribution in [0.3, 0.4) is 0 Å². The summed E-state index contributed by atoms with van der Waals surface area (Å²) in [5, 5.41) is 0. The molecule has 0 saturated heterocycles. The van der Waals surface area contributed by atoms with E-state index >= 15 is 0 Å². The van der Waals surface area contributed by atoms with Gasteiger partial charge in [0.1, 0.15) is 0 Å². The van der Waals surface area contributed by atoms with Crippen LogP contribution >= 0.6 is 0 Å². The molecule has 0 amide bonds. The highest BCUT2D eigenvalue weighted by atomic mass is 16.5. The van der Waals surface area contributed by atoms with E-state index in [4.69, 9.17) is 4.74 Å². The first-order valence-electron chi connectivity index (χ1n) is 6.24. The van der Waals surface area contributed by atoms with Crippen molar-refractivity contribution in [3.05, 3.63) is 47.2 Å². The zero-order valence-electron chi connectivity index (χ0n) is 11.1. The summed E-state index contributed by atoms with van der Waals surface area (Å²) in [5.41, 5.74) is 3.11. The second-order valence-electron chi connectivity index (χ2n) is 4.59. The van der Waals surface area contributed by atoms with E-state index in [-0.39, 0.29) is 12.0 Å². The number of benzene rings is 1. The summed E-state index contributed by atoms with van der Waals surface area (Å²) < 4.78 is 4.81. The molecule has 3 nitrogen and oxygen atoms in total. The molecular formula is C15H19NO2. The molecule has 2 rings (SSSR count). The van der Waals surface area contributed by atoms with Gasteiger partial charge in [0.25, 0.3) is 0 Å². The Hall–Kier alpha value is -1.77. The van der Waals surface area contributed by atoms with Crippen LogP contribution < -0.4 is 0 Å². The second kappa shape index (κ2) is 5.25. The average Bonchev–Trinajstić information content (AvgIpc) is 2.80. The number of hydrogen-bond donors (Lipinski definition) is 0. The van der Waals surface area contributed by atoms with Crippen LogP contribution in [0.1, 0.15) is 31.9 Å². The summed E-state index contributed by atoms with van der Waals surface area (Å²) in [7, 11) is 1.44. The van der Waals surface area contributed by atoms with Gasteiger partial charge in [-0.1, -0.05) is 30.3 Å². The smallest absolute Gasteiger partial charge is 0.335 e. The van der Waals surface area contributed by atoms with Gasteiger partial charge >= 0.3 is 5.97 Å². The van der Waals surface area contributed by atoms with Gasteiger partial charge in [-0.05, 0) is 25.8 Å². The third-order valence-corrected chi connectivity index (χ3v) is 3.65. The Morgan fingerprint density at radius 2 is 2.00 bits per heavy atom. The van der Waals surface area contributed by atoms with Gasteiger partial charge in [-0.2, -0.15) is 0 Å². The van der Waals surface area contributed by atoms with Crippen molar-refractivity contribution in [1.82, 2.24) is 4.90 Å². The van der Waals surface area contributed by atoms with Gasteiger partial charge in [0.15, 0.2) is 0 Å². The summed E-state index contributed by atoms with van der Waals surface area (Å²) in [6, 6.07) is 10.6. The lowest BCUT2D eigenvalue weighted by Crippen LogP contribution is -2.22. The average molecular weight is 245 g/mol. The zero-order chi connectivity index (χ0) is 13.1. The number of carbonyl (C=O) groups excluding carboxylic acids is 1. The van der Waals surface area contributed by atoms with E-state index in [1.54, 1.807) is 0 Å². The van der Waals surface area contributed by atoms with E-state index in [0.29, 0.717) is 0 Å². The molecule has 1 heterocycles. The number of methoxy groups -OCH3 is 1. The Bertz CT molecular complexity index is 465. The molecule has 0 saturated carbocycles. The first-order valence-corrected chi connectivity index (χ1v) is 6.24. The van der Waals surface area contributed by atoms with Crippen LogP contribution in [0.25, 0.3) is 0 Å². The number of nitrogens with zero attached hydrogens (tertiary/aromatic N) is 1. The molecular weight excluding hydrogens is 226 g/mol. The fourth-order valence-corrected chi connectivity index (χ4v) is 2.52. The molecule has 1 aliphatic rings. The fourth-order valence-electron chi connectivity index (χ4n) is 2.52. The maximum Gasteiger partial charge on any atom is 0.335 e. The van der Waals surface area contributed by atoms with Crippen molar-refractivity contribution in [2.45, 2.75) is 26.3 Å². The van der Waals surface area contributed by atoms with Gasteiger partial charge in [-0.15, -0.1) is 0 Å². The summed E-state index contributed by atoms with van der Waals surface area (Å²) in [6.45, 7) is 5.05. The molecule has 96 valence electrons. The quantitative estimate of drug-likeness (QED) is 0.767. The van der Waals surface area contributed by atoms with Crippen LogP contribution in [0.5, 0.6) is 0 Å². The minimum Gasteiger partial charge on any atom is -0.466 e. The second-order valence-corrected chi connectivity index (χ2v) is 4.59. The Labute approximate surface area is 108 Å². The van der Waals surface area contributed by atoms with Crippen molar-refractivity contribution in [3.63, 3.8) is 0 Å². The Morgan fingerprint density at radius 1 is 1.33 bits per heavy atom. The maximum absolute atomic E-state index is 11.6. The van der Waals surface area contributed by atoms with Gasteiger partial charge in [-0.3, -0.25) is 0 Å². The fraction of sp³-hybridized carbons (Fsp3) is 0.400. The summed E-state index contributed by atoms with van der Waals surface area (Å²) in [4.78, 5) is 13.9. The van der Waals surface area contributed by atoms with E-state index in [0.717, 1.165) is 24.2 Å². The molecule has 1 aliphatic heterocycles. The van der Waals surface area contributed by atoms with Gasteiger partial charge in [0.05, 0.1) is 18.7 Å². The number of esters is 1. The van der Waals surface area contributed by atoms with Crippen LogP contribution in [-0.4, -0.2) is 24.5 Å². The number of hydrogen-bond acceptors (Lipinski definition) is 3. The molecule has 0 unspecified atom stereocenters. The molecule has 0 aliphatic carbocycles. The standard InChI is InChI=1S/C15H19NO2/c1-11(13-7-5-4-6-8-13)16-10-9-14(12(16)2)15(17)18-3/h4-8,11H,9-10H2,1-3H3/t11-/m0/s1.